The van der Waals surface area contributed by atoms with Crippen molar-refractivity contribution in [1.29, 1.82) is 0 Å². The molecule has 0 bridgehead atoms. The SMILES string of the molecule is C/C=C\C1=C(/C)CCCc2ccc(Cl)cc2C1=O.CC. The van der Waals surface area contributed by atoms with Crippen LogP contribution in [0, 0.1) is 0 Å². The number of aryl methyl sites for hydroxylation is 1. The Kier molecular flexibility index (Phi) is 6.74. The second-order valence-corrected chi connectivity index (χ2v) is 5.11. The summed E-state index contributed by atoms with van der Waals surface area (Å²) in [5.41, 5.74) is 3.86. The van der Waals surface area contributed by atoms with Crippen molar-refractivity contribution in [1.82, 2.24) is 0 Å². The highest BCUT2D eigenvalue weighted by molar-refractivity contribution is 6.31. The Balaban J connectivity index is 0.000000956. The van der Waals surface area contributed by atoms with Crippen LogP contribution in [0.2, 0.25) is 5.02 Å². The van der Waals surface area contributed by atoms with Crippen molar-refractivity contribution in [2.24, 2.45) is 0 Å². The van der Waals surface area contributed by atoms with E-state index in [1.165, 1.54) is 5.57 Å². The maximum Gasteiger partial charge on any atom is 0.193 e. The third-order valence-corrected chi connectivity index (χ3v) is 3.59. The van der Waals surface area contributed by atoms with E-state index in [1.54, 1.807) is 6.07 Å². The standard InChI is InChI=1S/C16H17ClO.C2H6/c1-3-5-14-11(2)6-4-7-12-8-9-13(17)10-15(12)16(14)18;1-2/h3,5,8-10H,4,6-7H2,1-2H3;1-2H3/b5-3-,14-11-;. The van der Waals surface area contributed by atoms with Gasteiger partial charge in [-0.3, -0.25) is 4.79 Å². The Hall–Kier alpha value is -1.34. The van der Waals surface area contributed by atoms with Crippen molar-refractivity contribution >= 4 is 17.4 Å². The number of hydrogen-bond acceptors (Lipinski definition) is 1. The molecule has 0 radical (unpaired) electrons. The third kappa shape index (κ3) is 3.83. The Morgan fingerprint density at radius 2 is 1.90 bits per heavy atom. The van der Waals surface area contributed by atoms with Crippen molar-refractivity contribution in [3.8, 4) is 0 Å². The van der Waals surface area contributed by atoms with E-state index in [9.17, 15) is 4.79 Å². The molecule has 0 spiro atoms. The molecule has 0 heterocycles. The molecule has 1 aliphatic rings. The molecule has 2 heteroatoms. The number of rotatable bonds is 1. The van der Waals surface area contributed by atoms with Crippen LogP contribution in [0.25, 0.3) is 0 Å². The minimum Gasteiger partial charge on any atom is -0.289 e. The van der Waals surface area contributed by atoms with Crippen LogP contribution in [0.4, 0.5) is 0 Å². The Bertz CT molecular complexity index is 538. The first-order valence-corrected chi connectivity index (χ1v) is 7.67. The summed E-state index contributed by atoms with van der Waals surface area (Å²) in [6.07, 6.45) is 6.83. The summed E-state index contributed by atoms with van der Waals surface area (Å²) in [6, 6.07) is 5.63. The summed E-state index contributed by atoms with van der Waals surface area (Å²) >= 11 is 6.01. The topological polar surface area (TPSA) is 17.1 Å². The lowest BCUT2D eigenvalue weighted by Gasteiger charge is -2.16. The van der Waals surface area contributed by atoms with Crippen molar-refractivity contribution in [2.45, 2.75) is 47.0 Å². The van der Waals surface area contributed by atoms with Crippen molar-refractivity contribution in [2.75, 3.05) is 0 Å². The van der Waals surface area contributed by atoms with Gasteiger partial charge in [0.2, 0.25) is 0 Å². The Morgan fingerprint density at radius 1 is 1.20 bits per heavy atom. The largest absolute Gasteiger partial charge is 0.289 e. The lowest BCUT2D eigenvalue weighted by atomic mass is 9.88. The first-order valence-electron chi connectivity index (χ1n) is 7.29. The fourth-order valence-corrected chi connectivity index (χ4v) is 2.55. The van der Waals surface area contributed by atoms with E-state index in [1.807, 2.05) is 52.0 Å². The number of allylic oxidation sites excluding steroid dienone is 4. The van der Waals surface area contributed by atoms with Gasteiger partial charge < -0.3 is 0 Å². The van der Waals surface area contributed by atoms with E-state index in [0.29, 0.717) is 5.02 Å². The van der Waals surface area contributed by atoms with Crippen molar-refractivity contribution in [3.63, 3.8) is 0 Å². The Morgan fingerprint density at radius 3 is 2.55 bits per heavy atom. The zero-order valence-electron chi connectivity index (χ0n) is 12.8. The van der Waals surface area contributed by atoms with Crippen LogP contribution in [0.1, 0.15) is 56.5 Å². The first kappa shape index (κ1) is 16.7. The van der Waals surface area contributed by atoms with Gasteiger partial charge in [0.05, 0.1) is 0 Å². The minimum atomic E-state index is 0.0998. The lowest BCUT2D eigenvalue weighted by Crippen LogP contribution is -2.10. The van der Waals surface area contributed by atoms with Gasteiger partial charge >= 0.3 is 0 Å². The quantitative estimate of drug-likeness (QED) is 0.641. The van der Waals surface area contributed by atoms with Gasteiger partial charge in [-0.1, -0.05) is 49.2 Å². The molecule has 0 atom stereocenters. The predicted molar refractivity (Wildman–Crippen MR) is 87.6 cm³/mol. The second kappa shape index (κ2) is 8.06. The molecule has 0 N–H and O–H groups in total. The van der Waals surface area contributed by atoms with Crippen LogP contribution in [-0.2, 0) is 6.42 Å². The molecule has 1 aromatic carbocycles. The number of benzene rings is 1. The molecular weight excluding hydrogens is 268 g/mol. The molecule has 0 fully saturated rings. The molecule has 0 saturated carbocycles. The van der Waals surface area contributed by atoms with E-state index in [4.69, 9.17) is 11.6 Å². The van der Waals surface area contributed by atoms with Crippen LogP contribution in [0.5, 0.6) is 0 Å². The summed E-state index contributed by atoms with van der Waals surface area (Å²) < 4.78 is 0. The molecule has 0 amide bonds. The van der Waals surface area contributed by atoms with Gasteiger partial charge in [-0.2, -0.15) is 0 Å². The molecule has 2 rings (SSSR count). The number of carbonyl (C=O) groups excluding carboxylic acids is 1. The van der Waals surface area contributed by atoms with Crippen LogP contribution < -0.4 is 0 Å². The van der Waals surface area contributed by atoms with Crippen molar-refractivity contribution in [3.05, 3.63) is 57.6 Å². The molecule has 0 saturated heterocycles. The van der Waals surface area contributed by atoms with Crippen LogP contribution in [0.3, 0.4) is 0 Å². The summed E-state index contributed by atoms with van der Waals surface area (Å²) in [4.78, 5) is 12.6. The fourth-order valence-electron chi connectivity index (χ4n) is 2.38. The zero-order chi connectivity index (χ0) is 15.1. The highest BCUT2D eigenvalue weighted by atomic mass is 35.5. The molecule has 0 unspecified atom stereocenters. The Labute approximate surface area is 127 Å². The molecule has 1 aromatic rings. The smallest absolute Gasteiger partial charge is 0.193 e. The number of carbonyl (C=O) groups is 1. The van der Waals surface area contributed by atoms with Gasteiger partial charge in [0.1, 0.15) is 0 Å². The van der Waals surface area contributed by atoms with Crippen molar-refractivity contribution < 1.29 is 4.79 Å². The number of ketones is 1. The average Bonchev–Trinajstić information content (AvgIpc) is 2.46. The third-order valence-electron chi connectivity index (χ3n) is 3.35. The van der Waals surface area contributed by atoms with Gasteiger partial charge in [0, 0.05) is 16.2 Å². The maximum atomic E-state index is 12.6. The van der Waals surface area contributed by atoms with E-state index >= 15 is 0 Å². The maximum absolute atomic E-state index is 12.6. The number of halogens is 1. The van der Waals surface area contributed by atoms with Gasteiger partial charge in [0.15, 0.2) is 5.78 Å². The molecule has 0 aromatic heterocycles. The summed E-state index contributed by atoms with van der Waals surface area (Å²) in [7, 11) is 0. The van der Waals surface area contributed by atoms with Crippen LogP contribution in [-0.4, -0.2) is 5.78 Å². The molecule has 1 aliphatic carbocycles. The fraction of sp³-hybridized carbons (Fsp3) is 0.389. The van der Waals surface area contributed by atoms with Gasteiger partial charge in [-0.15, -0.1) is 0 Å². The van der Waals surface area contributed by atoms with E-state index in [0.717, 1.165) is 36.0 Å². The summed E-state index contributed by atoms with van der Waals surface area (Å²) in [6.45, 7) is 7.98. The normalized spacial score (nSPS) is 18.9. The highest BCUT2D eigenvalue weighted by Crippen LogP contribution is 2.27. The van der Waals surface area contributed by atoms with E-state index in [-0.39, 0.29) is 5.78 Å². The van der Waals surface area contributed by atoms with E-state index in [2.05, 4.69) is 0 Å². The molecule has 0 aliphatic heterocycles. The first-order chi connectivity index (χ1) is 9.63. The van der Waals surface area contributed by atoms with Gasteiger partial charge in [-0.05, 0) is 50.8 Å². The second-order valence-electron chi connectivity index (χ2n) is 4.68. The molecule has 108 valence electrons. The zero-order valence-corrected chi connectivity index (χ0v) is 13.6. The lowest BCUT2D eigenvalue weighted by molar-refractivity contribution is 0.103. The van der Waals surface area contributed by atoms with E-state index < -0.39 is 0 Å². The predicted octanol–water partition coefficient (Wildman–Crippen LogP) is 5.78. The summed E-state index contributed by atoms with van der Waals surface area (Å²) in [5.74, 6) is 0.0998. The molecular formula is C18H23ClO. The number of Topliss-reactive ketones (excluding diaryl/α,β-unsaturated/α-hetero) is 1. The molecule has 20 heavy (non-hydrogen) atoms. The van der Waals surface area contributed by atoms with Gasteiger partial charge in [-0.25, -0.2) is 0 Å². The molecule has 1 nitrogen and oxygen atoms in total. The highest BCUT2D eigenvalue weighted by Gasteiger charge is 2.19. The van der Waals surface area contributed by atoms with Gasteiger partial charge in [0.25, 0.3) is 0 Å². The number of hydrogen-bond donors (Lipinski definition) is 0. The van der Waals surface area contributed by atoms with Crippen LogP contribution in [0.15, 0.2) is 41.5 Å². The number of fused-ring (bicyclic) bond motifs is 1. The monoisotopic (exact) mass is 290 g/mol. The average molecular weight is 291 g/mol. The van der Waals surface area contributed by atoms with Crippen LogP contribution >= 0.6 is 11.6 Å². The minimum absolute atomic E-state index is 0.0998. The summed E-state index contributed by atoms with van der Waals surface area (Å²) in [5, 5.41) is 0.625.